The van der Waals surface area contributed by atoms with Gasteiger partial charge in [0.2, 0.25) is 0 Å². The molecule has 0 unspecified atom stereocenters. The van der Waals surface area contributed by atoms with E-state index in [1.807, 2.05) is 0 Å². The first-order chi connectivity index (χ1) is 6.61. The van der Waals surface area contributed by atoms with Crippen molar-refractivity contribution in [2.45, 2.75) is 0 Å². The Morgan fingerprint density at radius 3 is 2.93 bits per heavy atom. The van der Waals surface area contributed by atoms with Gasteiger partial charge in [-0.15, -0.1) is 0 Å². The van der Waals surface area contributed by atoms with E-state index in [-0.39, 0.29) is 10.7 Å². The number of benzene rings is 1. The van der Waals surface area contributed by atoms with Crippen LogP contribution in [0, 0.1) is 10.1 Å². The summed E-state index contributed by atoms with van der Waals surface area (Å²) < 4.78 is 1.62. The molecule has 0 aliphatic heterocycles. The van der Waals surface area contributed by atoms with Crippen LogP contribution in [0.4, 0.5) is 5.69 Å². The highest BCUT2D eigenvalue weighted by atomic mass is 35.5. The molecule has 0 fully saturated rings. The van der Waals surface area contributed by atoms with Crippen molar-refractivity contribution in [1.82, 2.24) is 9.78 Å². The van der Waals surface area contributed by atoms with Crippen LogP contribution in [0.1, 0.15) is 0 Å². The molecule has 0 atom stereocenters. The molecule has 0 radical (unpaired) electrons. The molecule has 1 aromatic heterocycles. The molecule has 0 amide bonds. The van der Waals surface area contributed by atoms with Crippen molar-refractivity contribution in [2.24, 2.45) is 7.05 Å². The number of nitro groups is 1. The van der Waals surface area contributed by atoms with Crippen LogP contribution >= 0.6 is 11.6 Å². The standard InChI is InChI=1S/C8H6ClN3O2/c1-11-6-2-3-7(12(13)14)8(9)5(6)4-10-11/h2-4H,1H3. The van der Waals surface area contributed by atoms with Gasteiger partial charge in [-0.05, 0) is 6.07 Å². The third kappa shape index (κ3) is 1.13. The van der Waals surface area contributed by atoms with Crippen LogP contribution in [0.25, 0.3) is 10.9 Å². The van der Waals surface area contributed by atoms with Gasteiger partial charge < -0.3 is 0 Å². The van der Waals surface area contributed by atoms with E-state index < -0.39 is 4.92 Å². The van der Waals surface area contributed by atoms with Crippen LogP contribution in [0.2, 0.25) is 5.02 Å². The molecule has 1 aromatic carbocycles. The number of nitrogens with zero attached hydrogens (tertiary/aromatic N) is 3. The number of halogens is 1. The molecule has 0 bridgehead atoms. The summed E-state index contributed by atoms with van der Waals surface area (Å²) in [5, 5.41) is 15.3. The summed E-state index contributed by atoms with van der Waals surface area (Å²) in [6.07, 6.45) is 1.52. The summed E-state index contributed by atoms with van der Waals surface area (Å²) in [5.74, 6) is 0. The second kappa shape index (κ2) is 2.95. The minimum atomic E-state index is -0.505. The monoisotopic (exact) mass is 211 g/mol. The van der Waals surface area contributed by atoms with Gasteiger partial charge in [-0.25, -0.2) is 0 Å². The first-order valence-corrected chi connectivity index (χ1v) is 4.23. The lowest BCUT2D eigenvalue weighted by Gasteiger charge is -1.97. The molecule has 72 valence electrons. The van der Waals surface area contributed by atoms with E-state index in [0.29, 0.717) is 5.39 Å². The topological polar surface area (TPSA) is 61.0 Å². The minimum absolute atomic E-state index is 0.0906. The van der Waals surface area contributed by atoms with Crippen LogP contribution in [-0.4, -0.2) is 14.7 Å². The Hall–Kier alpha value is -1.62. The summed E-state index contributed by atoms with van der Waals surface area (Å²) in [6.45, 7) is 0. The van der Waals surface area contributed by atoms with Crippen molar-refractivity contribution in [3.63, 3.8) is 0 Å². The summed E-state index contributed by atoms with van der Waals surface area (Å²) in [6, 6.07) is 3.01. The van der Waals surface area contributed by atoms with Gasteiger partial charge >= 0.3 is 0 Å². The first-order valence-electron chi connectivity index (χ1n) is 3.86. The maximum Gasteiger partial charge on any atom is 0.288 e. The van der Waals surface area contributed by atoms with Crippen molar-refractivity contribution in [2.75, 3.05) is 0 Å². The van der Waals surface area contributed by atoms with Gasteiger partial charge in [0.25, 0.3) is 5.69 Å². The maximum absolute atomic E-state index is 10.6. The van der Waals surface area contributed by atoms with E-state index in [9.17, 15) is 10.1 Å². The lowest BCUT2D eigenvalue weighted by molar-refractivity contribution is -0.384. The molecule has 2 aromatic rings. The van der Waals surface area contributed by atoms with Crippen molar-refractivity contribution in [3.05, 3.63) is 33.5 Å². The fourth-order valence-electron chi connectivity index (χ4n) is 1.32. The number of aromatic nitrogens is 2. The normalized spacial score (nSPS) is 10.7. The highest BCUT2D eigenvalue weighted by molar-refractivity contribution is 6.37. The summed E-state index contributed by atoms with van der Waals surface area (Å²) in [4.78, 5) is 10.1. The van der Waals surface area contributed by atoms with Crippen LogP contribution in [-0.2, 0) is 7.05 Å². The second-order valence-corrected chi connectivity index (χ2v) is 3.23. The molecule has 0 aliphatic rings. The van der Waals surface area contributed by atoms with Crippen molar-refractivity contribution < 1.29 is 4.92 Å². The molecule has 2 rings (SSSR count). The first kappa shape index (κ1) is 8.96. The number of hydrogen-bond acceptors (Lipinski definition) is 3. The summed E-state index contributed by atoms with van der Waals surface area (Å²) in [5.41, 5.74) is 0.688. The maximum atomic E-state index is 10.6. The Morgan fingerprint density at radius 2 is 2.29 bits per heavy atom. The van der Waals surface area contributed by atoms with E-state index >= 15 is 0 Å². The summed E-state index contributed by atoms with van der Waals surface area (Å²) >= 11 is 5.85. The number of hydrogen-bond donors (Lipinski definition) is 0. The van der Waals surface area contributed by atoms with Crippen molar-refractivity contribution >= 4 is 28.2 Å². The highest BCUT2D eigenvalue weighted by Crippen LogP contribution is 2.31. The van der Waals surface area contributed by atoms with Crippen LogP contribution in [0.3, 0.4) is 0 Å². The molecule has 14 heavy (non-hydrogen) atoms. The van der Waals surface area contributed by atoms with Gasteiger partial charge in [0.1, 0.15) is 5.02 Å². The zero-order valence-electron chi connectivity index (χ0n) is 7.27. The molecule has 0 N–H and O–H groups in total. The average Bonchev–Trinajstić information content (AvgIpc) is 2.49. The third-order valence-corrected chi connectivity index (χ3v) is 2.44. The van der Waals surface area contributed by atoms with E-state index in [1.165, 1.54) is 12.3 Å². The van der Waals surface area contributed by atoms with E-state index in [0.717, 1.165) is 5.52 Å². The van der Waals surface area contributed by atoms with Crippen LogP contribution < -0.4 is 0 Å². The predicted octanol–water partition coefficient (Wildman–Crippen LogP) is 2.13. The van der Waals surface area contributed by atoms with Crippen molar-refractivity contribution in [1.29, 1.82) is 0 Å². The van der Waals surface area contributed by atoms with Gasteiger partial charge in [0, 0.05) is 18.5 Å². The fraction of sp³-hybridized carbons (Fsp3) is 0.125. The SMILES string of the molecule is Cn1ncc2c(Cl)c([N+](=O)[O-])ccc21. The van der Waals surface area contributed by atoms with E-state index in [1.54, 1.807) is 17.8 Å². The van der Waals surface area contributed by atoms with E-state index in [4.69, 9.17) is 11.6 Å². The minimum Gasteiger partial charge on any atom is -0.268 e. The lowest BCUT2D eigenvalue weighted by atomic mass is 10.2. The molecule has 5 nitrogen and oxygen atoms in total. The number of fused-ring (bicyclic) bond motifs is 1. The van der Waals surface area contributed by atoms with Gasteiger partial charge in [0.15, 0.2) is 0 Å². The van der Waals surface area contributed by atoms with Gasteiger partial charge in [-0.1, -0.05) is 11.6 Å². The second-order valence-electron chi connectivity index (χ2n) is 2.86. The third-order valence-electron chi connectivity index (χ3n) is 2.04. The Kier molecular flexibility index (Phi) is 1.89. The van der Waals surface area contributed by atoms with E-state index in [2.05, 4.69) is 5.10 Å². The number of aryl methyl sites for hydroxylation is 1. The molecule has 1 heterocycles. The van der Waals surface area contributed by atoms with Gasteiger partial charge in [-0.2, -0.15) is 5.10 Å². The highest BCUT2D eigenvalue weighted by Gasteiger charge is 2.16. The average molecular weight is 212 g/mol. The smallest absolute Gasteiger partial charge is 0.268 e. The summed E-state index contributed by atoms with van der Waals surface area (Å²) in [7, 11) is 1.75. The Balaban J connectivity index is 2.82. The molecular formula is C8H6ClN3O2. The molecule has 0 saturated carbocycles. The lowest BCUT2D eigenvalue weighted by Crippen LogP contribution is -1.91. The fourth-order valence-corrected chi connectivity index (χ4v) is 1.60. The van der Waals surface area contributed by atoms with Crippen molar-refractivity contribution in [3.8, 4) is 0 Å². The number of nitro benzene ring substituents is 1. The largest absolute Gasteiger partial charge is 0.288 e. The zero-order valence-corrected chi connectivity index (χ0v) is 8.02. The predicted molar refractivity (Wildman–Crippen MR) is 52.4 cm³/mol. The molecule has 0 spiro atoms. The zero-order chi connectivity index (χ0) is 10.3. The molecule has 0 saturated heterocycles. The molecule has 6 heteroatoms. The Bertz CT molecular complexity index is 521. The quantitative estimate of drug-likeness (QED) is 0.536. The molecule has 0 aliphatic carbocycles. The number of rotatable bonds is 1. The Morgan fingerprint density at radius 1 is 1.57 bits per heavy atom. The molecular weight excluding hydrogens is 206 g/mol. The van der Waals surface area contributed by atoms with Gasteiger partial charge in [0.05, 0.1) is 16.6 Å². The van der Waals surface area contributed by atoms with Gasteiger partial charge in [-0.3, -0.25) is 14.8 Å². The Labute approximate surface area is 84.0 Å². The van der Waals surface area contributed by atoms with Crippen LogP contribution in [0.15, 0.2) is 18.3 Å². The van der Waals surface area contributed by atoms with Crippen LogP contribution in [0.5, 0.6) is 0 Å².